The molecule has 10 heteroatoms. The molecule has 2 heterocycles. The SMILES string of the molecule is COc1cc(-n2nc(Cl)c3c(NC(=O)c4cccc(CNC(=O)C(C)(C)C)c4Cl)cccc32)ccn1. The van der Waals surface area contributed by atoms with Crippen molar-refractivity contribution in [2.24, 2.45) is 5.41 Å². The van der Waals surface area contributed by atoms with Crippen molar-refractivity contribution in [3.63, 3.8) is 0 Å². The van der Waals surface area contributed by atoms with E-state index in [0.29, 0.717) is 33.7 Å². The van der Waals surface area contributed by atoms with Gasteiger partial charge in [-0.1, -0.05) is 62.2 Å². The van der Waals surface area contributed by atoms with Crippen LogP contribution in [0.5, 0.6) is 5.88 Å². The lowest BCUT2D eigenvalue weighted by molar-refractivity contribution is -0.128. The van der Waals surface area contributed by atoms with Gasteiger partial charge in [-0.15, -0.1) is 0 Å². The number of amides is 2. The molecule has 0 saturated carbocycles. The summed E-state index contributed by atoms with van der Waals surface area (Å²) in [6, 6.07) is 14.0. The molecular weight excluding hydrogens is 501 g/mol. The third-order valence-corrected chi connectivity index (χ3v) is 6.24. The summed E-state index contributed by atoms with van der Waals surface area (Å²) >= 11 is 13.1. The summed E-state index contributed by atoms with van der Waals surface area (Å²) in [7, 11) is 1.53. The molecule has 8 nitrogen and oxygen atoms in total. The maximum Gasteiger partial charge on any atom is 0.257 e. The average molecular weight is 526 g/mol. The highest BCUT2D eigenvalue weighted by atomic mass is 35.5. The van der Waals surface area contributed by atoms with Crippen molar-refractivity contribution in [2.75, 3.05) is 12.4 Å². The van der Waals surface area contributed by atoms with Crippen LogP contribution in [-0.2, 0) is 11.3 Å². The van der Waals surface area contributed by atoms with E-state index in [1.807, 2.05) is 26.8 Å². The van der Waals surface area contributed by atoms with E-state index in [2.05, 4.69) is 20.7 Å². The molecule has 2 aromatic heterocycles. The van der Waals surface area contributed by atoms with Gasteiger partial charge in [0.15, 0.2) is 5.15 Å². The molecule has 0 atom stereocenters. The molecule has 0 bridgehead atoms. The van der Waals surface area contributed by atoms with Crippen LogP contribution < -0.4 is 15.4 Å². The number of pyridine rings is 1. The number of aromatic nitrogens is 3. The molecule has 2 N–H and O–H groups in total. The monoisotopic (exact) mass is 525 g/mol. The summed E-state index contributed by atoms with van der Waals surface area (Å²) < 4.78 is 6.87. The first-order valence-electron chi connectivity index (χ1n) is 11.1. The van der Waals surface area contributed by atoms with Crippen LogP contribution >= 0.6 is 23.2 Å². The van der Waals surface area contributed by atoms with Gasteiger partial charge >= 0.3 is 0 Å². The Hall–Kier alpha value is -3.62. The molecule has 4 rings (SSSR count). The summed E-state index contributed by atoms with van der Waals surface area (Å²) in [6.07, 6.45) is 1.61. The number of nitrogens with zero attached hydrogens (tertiary/aromatic N) is 3. The molecule has 0 saturated heterocycles. The zero-order valence-electron chi connectivity index (χ0n) is 20.2. The van der Waals surface area contributed by atoms with Crippen LogP contribution in [0.2, 0.25) is 10.2 Å². The van der Waals surface area contributed by atoms with Crippen molar-refractivity contribution in [3.05, 3.63) is 76.0 Å². The standard InChI is InChI=1S/C26H25Cl2N5O3/c1-26(2,3)25(35)30-14-15-7-5-8-17(22(15)27)24(34)31-18-9-6-10-19-21(18)23(28)32-33(19)16-11-12-29-20(13-16)36-4/h5-13H,14H2,1-4H3,(H,30,35)(H,31,34). The zero-order valence-corrected chi connectivity index (χ0v) is 21.7. The highest BCUT2D eigenvalue weighted by molar-refractivity contribution is 6.37. The zero-order chi connectivity index (χ0) is 26.0. The Kier molecular flexibility index (Phi) is 7.19. The van der Waals surface area contributed by atoms with E-state index in [9.17, 15) is 9.59 Å². The predicted molar refractivity (Wildman–Crippen MR) is 141 cm³/mol. The summed E-state index contributed by atoms with van der Waals surface area (Å²) in [6.45, 7) is 5.69. The lowest BCUT2D eigenvalue weighted by Gasteiger charge is -2.18. The first kappa shape index (κ1) is 25.5. The first-order chi connectivity index (χ1) is 17.1. The van der Waals surface area contributed by atoms with E-state index < -0.39 is 11.3 Å². The van der Waals surface area contributed by atoms with Gasteiger partial charge in [-0.2, -0.15) is 5.10 Å². The first-order valence-corrected chi connectivity index (χ1v) is 11.9. The largest absolute Gasteiger partial charge is 0.481 e. The molecule has 36 heavy (non-hydrogen) atoms. The van der Waals surface area contributed by atoms with Crippen LogP contribution in [0.1, 0.15) is 36.7 Å². The topological polar surface area (TPSA) is 98.1 Å². The number of fused-ring (bicyclic) bond motifs is 1. The van der Waals surface area contributed by atoms with Gasteiger partial charge in [-0.05, 0) is 29.8 Å². The van der Waals surface area contributed by atoms with Gasteiger partial charge < -0.3 is 15.4 Å². The number of hydrogen-bond acceptors (Lipinski definition) is 5. The van der Waals surface area contributed by atoms with Crippen molar-refractivity contribution in [1.82, 2.24) is 20.1 Å². The van der Waals surface area contributed by atoms with E-state index in [0.717, 1.165) is 0 Å². The molecule has 0 aliphatic heterocycles. The van der Waals surface area contributed by atoms with Crippen molar-refractivity contribution in [1.29, 1.82) is 0 Å². The number of halogens is 2. The molecular formula is C26H25Cl2N5O3. The predicted octanol–water partition coefficient (Wildman–Crippen LogP) is 5.65. The number of ether oxygens (including phenoxy) is 1. The molecule has 0 aliphatic rings. The van der Waals surface area contributed by atoms with Gasteiger partial charge in [0.05, 0.1) is 40.0 Å². The van der Waals surface area contributed by atoms with Crippen LogP contribution in [0.15, 0.2) is 54.7 Å². The minimum absolute atomic E-state index is 0.112. The van der Waals surface area contributed by atoms with E-state index in [-0.39, 0.29) is 28.2 Å². The number of methoxy groups -OCH3 is 1. The smallest absolute Gasteiger partial charge is 0.257 e. The Bertz CT molecular complexity index is 1460. The minimum atomic E-state index is -0.536. The fourth-order valence-electron chi connectivity index (χ4n) is 3.59. The summed E-state index contributed by atoms with van der Waals surface area (Å²) in [5, 5.41) is 11.3. The van der Waals surface area contributed by atoms with Crippen molar-refractivity contribution >= 4 is 51.6 Å². The average Bonchev–Trinajstić information content (AvgIpc) is 3.20. The van der Waals surface area contributed by atoms with E-state index in [4.69, 9.17) is 27.9 Å². The molecule has 2 aromatic carbocycles. The molecule has 2 amide bonds. The molecule has 4 aromatic rings. The number of benzene rings is 2. The number of anilines is 1. The van der Waals surface area contributed by atoms with Gasteiger partial charge in [0.2, 0.25) is 11.8 Å². The molecule has 0 fully saturated rings. The number of rotatable bonds is 6. The van der Waals surface area contributed by atoms with Crippen LogP contribution in [0, 0.1) is 5.41 Å². The van der Waals surface area contributed by atoms with Crippen LogP contribution in [-0.4, -0.2) is 33.7 Å². The molecule has 186 valence electrons. The van der Waals surface area contributed by atoms with Crippen LogP contribution in [0.4, 0.5) is 5.69 Å². The second-order valence-corrected chi connectivity index (χ2v) is 9.86. The Morgan fingerprint density at radius 3 is 2.56 bits per heavy atom. The molecule has 0 spiro atoms. The lowest BCUT2D eigenvalue weighted by atomic mass is 9.95. The van der Waals surface area contributed by atoms with Crippen molar-refractivity contribution in [3.8, 4) is 11.6 Å². The second-order valence-electron chi connectivity index (χ2n) is 9.12. The van der Waals surface area contributed by atoms with E-state index in [1.165, 1.54) is 7.11 Å². The quantitative estimate of drug-likeness (QED) is 0.338. The highest BCUT2D eigenvalue weighted by Gasteiger charge is 2.22. The summed E-state index contributed by atoms with van der Waals surface area (Å²) in [4.78, 5) is 29.6. The van der Waals surface area contributed by atoms with Crippen molar-refractivity contribution in [2.45, 2.75) is 27.3 Å². The Morgan fingerprint density at radius 2 is 1.83 bits per heavy atom. The van der Waals surface area contributed by atoms with Crippen LogP contribution in [0.25, 0.3) is 16.6 Å². The fourth-order valence-corrected chi connectivity index (χ4v) is 4.14. The second kappa shape index (κ2) is 10.2. The summed E-state index contributed by atoms with van der Waals surface area (Å²) in [5.41, 5.74) is 2.25. The van der Waals surface area contributed by atoms with E-state index >= 15 is 0 Å². The Morgan fingerprint density at radius 1 is 1.08 bits per heavy atom. The van der Waals surface area contributed by atoms with Gasteiger partial charge in [-0.3, -0.25) is 9.59 Å². The number of nitrogens with one attached hydrogen (secondary N) is 2. The summed E-state index contributed by atoms with van der Waals surface area (Å²) in [5.74, 6) is -0.0885. The third kappa shape index (κ3) is 5.15. The van der Waals surface area contributed by atoms with E-state index in [1.54, 1.807) is 53.3 Å². The van der Waals surface area contributed by atoms with Gasteiger partial charge in [0.1, 0.15) is 0 Å². The van der Waals surface area contributed by atoms with Crippen LogP contribution in [0.3, 0.4) is 0 Å². The lowest BCUT2D eigenvalue weighted by Crippen LogP contribution is -2.34. The maximum atomic E-state index is 13.2. The normalized spacial score (nSPS) is 11.4. The fraction of sp³-hybridized carbons (Fsp3) is 0.231. The number of carbonyl (C=O) groups excluding carboxylic acids is 2. The number of hydrogen-bond donors (Lipinski definition) is 2. The molecule has 0 unspecified atom stereocenters. The Balaban J connectivity index is 1.63. The number of carbonyl (C=O) groups is 2. The molecule has 0 aliphatic carbocycles. The van der Waals surface area contributed by atoms with Gasteiger partial charge in [0, 0.05) is 24.2 Å². The van der Waals surface area contributed by atoms with Crippen molar-refractivity contribution < 1.29 is 14.3 Å². The van der Waals surface area contributed by atoms with Gasteiger partial charge in [0.25, 0.3) is 5.91 Å². The van der Waals surface area contributed by atoms with Gasteiger partial charge in [-0.25, -0.2) is 9.67 Å². The third-order valence-electron chi connectivity index (χ3n) is 5.53. The Labute approximate surface area is 218 Å². The maximum absolute atomic E-state index is 13.2. The molecule has 0 radical (unpaired) electrons. The highest BCUT2D eigenvalue weighted by Crippen LogP contribution is 2.33. The minimum Gasteiger partial charge on any atom is -0.481 e.